The van der Waals surface area contributed by atoms with Gasteiger partial charge in [-0.05, 0) is 13.8 Å². The van der Waals surface area contributed by atoms with Crippen LogP contribution in [0.2, 0.25) is 0 Å². The number of carbonyl (C=O) groups is 4. The Balaban J connectivity index is 4.07. The number of likely N-dealkylation sites (N-methyl/N-ethyl adjacent to an activating group) is 1. The lowest BCUT2D eigenvalue weighted by atomic mass is 10.2. The van der Waals surface area contributed by atoms with E-state index in [0.717, 1.165) is 0 Å². The van der Waals surface area contributed by atoms with Crippen LogP contribution in [-0.4, -0.2) is 55.3 Å². The van der Waals surface area contributed by atoms with Crippen molar-refractivity contribution in [1.29, 1.82) is 0 Å². The van der Waals surface area contributed by atoms with E-state index < -0.39 is 24.3 Å². The number of carbonyl (C=O) groups excluding carboxylic acids is 4. The molecule has 1 amide bonds. The monoisotopic (exact) mass is 273 g/mol. The highest BCUT2D eigenvalue weighted by Crippen LogP contribution is 1.97. The lowest BCUT2D eigenvalue weighted by molar-refractivity contribution is -0.158. The highest BCUT2D eigenvalue weighted by molar-refractivity contribution is 6.34. The molecule has 0 unspecified atom stereocenters. The van der Waals surface area contributed by atoms with E-state index in [1.54, 1.807) is 13.8 Å². The van der Waals surface area contributed by atoms with Crippen LogP contribution in [0, 0.1) is 0 Å². The van der Waals surface area contributed by atoms with Gasteiger partial charge in [-0.3, -0.25) is 14.4 Å². The predicted octanol–water partition coefficient (Wildman–Crippen LogP) is -0.0797. The normalized spacial score (nSPS) is 9.63. The van der Waals surface area contributed by atoms with E-state index in [9.17, 15) is 19.2 Å². The van der Waals surface area contributed by atoms with Crippen LogP contribution in [0.3, 0.4) is 0 Å². The van der Waals surface area contributed by atoms with Crippen LogP contribution in [0.5, 0.6) is 0 Å². The number of nitrogens with zero attached hydrogens (tertiary/aromatic N) is 1. The molecule has 0 radical (unpaired) electrons. The van der Waals surface area contributed by atoms with E-state index in [1.165, 1.54) is 12.0 Å². The van der Waals surface area contributed by atoms with Crippen LogP contribution in [0.15, 0.2) is 0 Å². The SMILES string of the molecule is CCN(CC)C(=O)COC(=O)C(=O)CCC(=O)OC. The Morgan fingerprint density at radius 2 is 1.58 bits per heavy atom. The number of ketones is 1. The first-order valence-electron chi connectivity index (χ1n) is 6.00. The summed E-state index contributed by atoms with van der Waals surface area (Å²) in [5.41, 5.74) is 0. The molecule has 0 aliphatic rings. The topological polar surface area (TPSA) is 90.0 Å². The van der Waals surface area contributed by atoms with Gasteiger partial charge in [-0.15, -0.1) is 0 Å². The quantitative estimate of drug-likeness (QED) is 0.454. The molecule has 0 atom stereocenters. The van der Waals surface area contributed by atoms with Crippen molar-refractivity contribution in [2.45, 2.75) is 26.7 Å². The molecule has 0 aliphatic heterocycles. The van der Waals surface area contributed by atoms with Gasteiger partial charge in [0, 0.05) is 19.5 Å². The Morgan fingerprint density at radius 3 is 2.05 bits per heavy atom. The van der Waals surface area contributed by atoms with E-state index in [0.29, 0.717) is 13.1 Å². The van der Waals surface area contributed by atoms with E-state index >= 15 is 0 Å². The molecule has 0 aliphatic carbocycles. The molecule has 0 rings (SSSR count). The molecular formula is C12H19NO6. The van der Waals surface area contributed by atoms with Gasteiger partial charge in [-0.25, -0.2) is 4.79 Å². The first kappa shape index (κ1) is 17.1. The Labute approximate surface area is 111 Å². The minimum absolute atomic E-state index is 0.186. The second kappa shape index (κ2) is 9.07. The number of rotatable bonds is 8. The summed E-state index contributed by atoms with van der Waals surface area (Å²) < 4.78 is 8.92. The van der Waals surface area contributed by atoms with Gasteiger partial charge >= 0.3 is 11.9 Å². The van der Waals surface area contributed by atoms with Gasteiger partial charge in [0.2, 0.25) is 5.78 Å². The first-order valence-corrected chi connectivity index (χ1v) is 6.00. The number of hydrogen-bond donors (Lipinski definition) is 0. The molecule has 7 heteroatoms. The average molecular weight is 273 g/mol. The second-order valence-electron chi connectivity index (χ2n) is 3.64. The lowest BCUT2D eigenvalue weighted by Gasteiger charge is -2.17. The lowest BCUT2D eigenvalue weighted by Crippen LogP contribution is -2.35. The van der Waals surface area contributed by atoms with E-state index in [4.69, 9.17) is 0 Å². The molecule has 0 saturated carbocycles. The molecule has 0 bridgehead atoms. The third-order valence-electron chi connectivity index (χ3n) is 2.45. The standard InChI is InChI=1S/C12H19NO6/c1-4-13(5-2)10(15)8-19-12(17)9(14)6-7-11(16)18-3/h4-8H2,1-3H3. The molecule has 7 nitrogen and oxygen atoms in total. The summed E-state index contributed by atoms with van der Waals surface area (Å²) in [7, 11) is 1.19. The van der Waals surface area contributed by atoms with Gasteiger partial charge in [-0.1, -0.05) is 0 Å². The van der Waals surface area contributed by atoms with Crippen molar-refractivity contribution >= 4 is 23.6 Å². The molecule has 0 aromatic rings. The summed E-state index contributed by atoms with van der Waals surface area (Å²) in [5, 5.41) is 0. The number of ether oxygens (including phenoxy) is 2. The van der Waals surface area contributed by atoms with E-state index in [1.807, 2.05) is 0 Å². The molecule has 0 N–H and O–H groups in total. The maximum Gasteiger partial charge on any atom is 0.375 e. The fraction of sp³-hybridized carbons (Fsp3) is 0.667. The van der Waals surface area contributed by atoms with Crippen molar-refractivity contribution < 1.29 is 28.7 Å². The summed E-state index contributed by atoms with van der Waals surface area (Å²) >= 11 is 0. The van der Waals surface area contributed by atoms with E-state index in [2.05, 4.69) is 9.47 Å². The van der Waals surface area contributed by atoms with Crippen molar-refractivity contribution in [2.24, 2.45) is 0 Å². The predicted molar refractivity (Wildman–Crippen MR) is 65.1 cm³/mol. The summed E-state index contributed by atoms with van der Waals surface area (Å²) in [6, 6.07) is 0. The molecule has 108 valence electrons. The molecular weight excluding hydrogens is 254 g/mol. The zero-order valence-corrected chi connectivity index (χ0v) is 11.4. The van der Waals surface area contributed by atoms with Crippen LogP contribution in [-0.2, 0) is 28.7 Å². The van der Waals surface area contributed by atoms with Gasteiger partial charge < -0.3 is 14.4 Å². The third kappa shape index (κ3) is 6.54. The van der Waals surface area contributed by atoms with Crippen molar-refractivity contribution in [3.63, 3.8) is 0 Å². The largest absolute Gasteiger partial charge is 0.469 e. The molecule has 0 heterocycles. The minimum Gasteiger partial charge on any atom is -0.469 e. The first-order chi connectivity index (χ1) is 8.96. The fourth-order valence-corrected chi connectivity index (χ4v) is 1.30. The number of amides is 1. The maximum atomic E-state index is 11.5. The fourth-order valence-electron chi connectivity index (χ4n) is 1.30. The highest BCUT2D eigenvalue weighted by Gasteiger charge is 2.19. The van der Waals surface area contributed by atoms with Crippen molar-refractivity contribution in [3.05, 3.63) is 0 Å². The molecule has 0 saturated heterocycles. The molecule has 0 fully saturated rings. The molecule has 19 heavy (non-hydrogen) atoms. The average Bonchev–Trinajstić information content (AvgIpc) is 2.42. The Kier molecular flexibility index (Phi) is 8.15. The smallest absolute Gasteiger partial charge is 0.375 e. The highest BCUT2D eigenvalue weighted by atomic mass is 16.5. The van der Waals surface area contributed by atoms with E-state index in [-0.39, 0.29) is 18.7 Å². The van der Waals surface area contributed by atoms with Crippen molar-refractivity contribution in [2.75, 3.05) is 26.8 Å². The van der Waals surface area contributed by atoms with Gasteiger partial charge in [-0.2, -0.15) is 0 Å². The van der Waals surface area contributed by atoms with Crippen LogP contribution in [0.1, 0.15) is 26.7 Å². The second-order valence-corrected chi connectivity index (χ2v) is 3.64. The summed E-state index contributed by atoms with van der Waals surface area (Å²) in [4.78, 5) is 46.3. The Hall–Kier alpha value is -1.92. The molecule has 0 aromatic heterocycles. The number of esters is 2. The molecule has 0 spiro atoms. The van der Waals surface area contributed by atoms with Crippen LogP contribution in [0.25, 0.3) is 0 Å². The number of Topliss-reactive ketones (excluding diaryl/α,β-unsaturated/α-hetero) is 1. The summed E-state index contributed by atoms with van der Waals surface area (Å²) in [6.07, 6.45) is -0.473. The number of methoxy groups -OCH3 is 1. The maximum absolute atomic E-state index is 11.5. The van der Waals surface area contributed by atoms with Crippen LogP contribution < -0.4 is 0 Å². The van der Waals surface area contributed by atoms with Crippen LogP contribution in [0.4, 0.5) is 0 Å². The Bertz CT molecular complexity index is 348. The van der Waals surface area contributed by atoms with Gasteiger partial charge in [0.25, 0.3) is 5.91 Å². The van der Waals surface area contributed by atoms with Crippen LogP contribution >= 0.6 is 0 Å². The summed E-state index contributed by atoms with van der Waals surface area (Å²) in [6.45, 7) is 4.13. The zero-order valence-electron chi connectivity index (χ0n) is 11.4. The third-order valence-corrected chi connectivity index (χ3v) is 2.45. The molecule has 0 aromatic carbocycles. The zero-order chi connectivity index (χ0) is 14.8. The Morgan fingerprint density at radius 1 is 1.00 bits per heavy atom. The van der Waals surface area contributed by atoms with Gasteiger partial charge in [0.15, 0.2) is 6.61 Å². The number of hydrogen-bond acceptors (Lipinski definition) is 6. The van der Waals surface area contributed by atoms with Gasteiger partial charge in [0.05, 0.1) is 13.5 Å². The minimum atomic E-state index is -1.11. The van der Waals surface area contributed by atoms with Crippen molar-refractivity contribution in [3.8, 4) is 0 Å². The summed E-state index contributed by atoms with van der Waals surface area (Å²) in [5.74, 6) is -2.90. The van der Waals surface area contributed by atoms with Gasteiger partial charge in [0.1, 0.15) is 0 Å². The van der Waals surface area contributed by atoms with Crippen molar-refractivity contribution in [1.82, 2.24) is 4.90 Å².